The molecule has 0 aromatic carbocycles. The SMILES string of the molecule is CCCCCSC1CC(C(C)(C)C)CCC1CN. The van der Waals surface area contributed by atoms with E-state index in [0.29, 0.717) is 5.41 Å². The van der Waals surface area contributed by atoms with Crippen molar-refractivity contribution < 1.29 is 0 Å². The predicted octanol–water partition coefficient (Wildman–Crippen LogP) is 4.70. The van der Waals surface area contributed by atoms with Gasteiger partial charge < -0.3 is 5.73 Å². The first-order valence-corrected chi connectivity index (χ1v) is 8.85. The second-order valence-electron chi connectivity index (χ2n) is 6.99. The van der Waals surface area contributed by atoms with Crippen LogP contribution >= 0.6 is 11.8 Å². The topological polar surface area (TPSA) is 26.0 Å². The molecule has 0 saturated heterocycles. The maximum atomic E-state index is 5.97. The lowest BCUT2D eigenvalue weighted by Gasteiger charge is -2.41. The molecule has 1 saturated carbocycles. The van der Waals surface area contributed by atoms with Gasteiger partial charge in [-0.3, -0.25) is 0 Å². The van der Waals surface area contributed by atoms with Gasteiger partial charge in [0, 0.05) is 5.25 Å². The van der Waals surface area contributed by atoms with E-state index >= 15 is 0 Å². The number of nitrogens with two attached hydrogens (primary N) is 1. The Kier molecular flexibility index (Phi) is 7.08. The number of thioether (sulfide) groups is 1. The van der Waals surface area contributed by atoms with Crippen LogP contribution in [0.15, 0.2) is 0 Å². The number of unbranched alkanes of at least 4 members (excludes halogenated alkanes) is 2. The highest BCUT2D eigenvalue weighted by Crippen LogP contribution is 2.43. The molecule has 2 heteroatoms. The summed E-state index contributed by atoms with van der Waals surface area (Å²) in [4.78, 5) is 0. The molecule has 0 aromatic heterocycles. The van der Waals surface area contributed by atoms with E-state index in [-0.39, 0.29) is 0 Å². The van der Waals surface area contributed by atoms with E-state index in [0.717, 1.165) is 23.6 Å². The minimum absolute atomic E-state index is 0.474. The summed E-state index contributed by atoms with van der Waals surface area (Å²) in [5, 5.41) is 0.824. The highest BCUT2D eigenvalue weighted by Gasteiger charge is 2.35. The van der Waals surface area contributed by atoms with E-state index in [1.54, 1.807) is 0 Å². The van der Waals surface area contributed by atoms with Crippen molar-refractivity contribution in [3.05, 3.63) is 0 Å². The van der Waals surface area contributed by atoms with Crippen molar-refractivity contribution in [2.45, 2.75) is 71.5 Å². The summed E-state index contributed by atoms with van der Waals surface area (Å²) in [6.45, 7) is 10.4. The lowest BCUT2D eigenvalue weighted by molar-refractivity contribution is 0.157. The molecule has 2 N–H and O–H groups in total. The summed E-state index contributed by atoms with van der Waals surface area (Å²) in [7, 11) is 0. The number of hydrogen-bond acceptors (Lipinski definition) is 2. The first kappa shape index (κ1) is 16.4. The van der Waals surface area contributed by atoms with Gasteiger partial charge in [0.05, 0.1) is 0 Å². The second-order valence-corrected chi connectivity index (χ2v) is 8.34. The van der Waals surface area contributed by atoms with Gasteiger partial charge in [0.15, 0.2) is 0 Å². The third-order valence-electron chi connectivity index (χ3n) is 4.54. The Hall–Kier alpha value is 0.310. The molecule has 0 amide bonds. The van der Waals surface area contributed by atoms with Crippen molar-refractivity contribution in [2.75, 3.05) is 12.3 Å². The Bertz CT molecular complexity index is 222. The summed E-state index contributed by atoms with van der Waals surface area (Å²) in [5.74, 6) is 3.01. The average molecular weight is 272 g/mol. The fourth-order valence-corrected chi connectivity index (χ4v) is 4.60. The zero-order valence-corrected chi connectivity index (χ0v) is 13.7. The molecule has 0 aromatic rings. The Balaban J connectivity index is 2.43. The fourth-order valence-electron chi connectivity index (χ4n) is 3.04. The third-order valence-corrected chi connectivity index (χ3v) is 6.07. The molecule has 3 unspecified atom stereocenters. The van der Waals surface area contributed by atoms with Crippen LogP contribution < -0.4 is 5.73 Å². The lowest BCUT2D eigenvalue weighted by Crippen LogP contribution is -2.37. The maximum absolute atomic E-state index is 5.97. The van der Waals surface area contributed by atoms with Crippen molar-refractivity contribution in [2.24, 2.45) is 23.0 Å². The zero-order valence-electron chi connectivity index (χ0n) is 12.9. The highest BCUT2D eigenvalue weighted by molar-refractivity contribution is 7.99. The molecule has 1 aliphatic rings. The zero-order chi connectivity index (χ0) is 13.6. The summed E-state index contributed by atoms with van der Waals surface area (Å²) in [6.07, 6.45) is 8.23. The molecule has 0 radical (unpaired) electrons. The van der Waals surface area contributed by atoms with Crippen LogP contribution in [0.5, 0.6) is 0 Å². The van der Waals surface area contributed by atoms with Gasteiger partial charge in [0.1, 0.15) is 0 Å². The molecule has 0 bridgehead atoms. The molecule has 18 heavy (non-hydrogen) atoms. The molecule has 1 nitrogen and oxygen atoms in total. The average Bonchev–Trinajstić information content (AvgIpc) is 2.33. The smallest absolute Gasteiger partial charge is 0.00901 e. The van der Waals surface area contributed by atoms with Crippen LogP contribution in [0.2, 0.25) is 0 Å². The Morgan fingerprint density at radius 1 is 1.17 bits per heavy atom. The quantitative estimate of drug-likeness (QED) is 0.709. The van der Waals surface area contributed by atoms with Crippen LogP contribution in [-0.2, 0) is 0 Å². The monoisotopic (exact) mass is 271 g/mol. The Morgan fingerprint density at radius 2 is 1.89 bits per heavy atom. The van der Waals surface area contributed by atoms with Gasteiger partial charge in [-0.15, -0.1) is 0 Å². The van der Waals surface area contributed by atoms with Crippen LogP contribution in [-0.4, -0.2) is 17.5 Å². The van der Waals surface area contributed by atoms with Gasteiger partial charge in [-0.1, -0.05) is 40.5 Å². The van der Waals surface area contributed by atoms with Crippen molar-refractivity contribution >= 4 is 11.8 Å². The maximum Gasteiger partial charge on any atom is 0.00901 e. The standard InChI is InChI=1S/C16H33NS/c1-5-6-7-10-18-15-11-14(16(2,3)4)9-8-13(15)12-17/h13-15H,5-12,17H2,1-4H3. The Morgan fingerprint density at radius 3 is 2.44 bits per heavy atom. The molecule has 1 fully saturated rings. The van der Waals surface area contributed by atoms with E-state index in [4.69, 9.17) is 5.73 Å². The predicted molar refractivity (Wildman–Crippen MR) is 85.1 cm³/mol. The largest absolute Gasteiger partial charge is 0.330 e. The third kappa shape index (κ3) is 5.13. The van der Waals surface area contributed by atoms with E-state index in [1.807, 2.05) is 0 Å². The van der Waals surface area contributed by atoms with Gasteiger partial charge >= 0.3 is 0 Å². The lowest BCUT2D eigenvalue weighted by atomic mass is 9.69. The van der Waals surface area contributed by atoms with E-state index in [9.17, 15) is 0 Å². The van der Waals surface area contributed by atoms with Crippen LogP contribution in [0.25, 0.3) is 0 Å². The molecular weight excluding hydrogens is 238 g/mol. The summed E-state index contributed by atoms with van der Waals surface area (Å²) in [6, 6.07) is 0. The Labute approximate surface area is 119 Å². The molecular formula is C16H33NS. The van der Waals surface area contributed by atoms with E-state index in [2.05, 4.69) is 39.5 Å². The van der Waals surface area contributed by atoms with Gasteiger partial charge in [-0.05, 0) is 55.2 Å². The minimum Gasteiger partial charge on any atom is -0.330 e. The van der Waals surface area contributed by atoms with Crippen LogP contribution in [0.3, 0.4) is 0 Å². The van der Waals surface area contributed by atoms with Crippen LogP contribution in [0, 0.1) is 17.3 Å². The molecule has 108 valence electrons. The molecule has 0 heterocycles. The molecule has 0 spiro atoms. The summed E-state index contributed by atoms with van der Waals surface area (Å²) >= 11 is 2.21. The van der Waals surface area contributed by atoms with Crippen molar-refractivity contribution in [1.82, 2.24) is 0 Å². The van der Waals surface area contributed by atoms with Crippen LogP contribution in [0.4, 0.5) is 0 Å². The van der Waals surface area contributed by atoms with E-state index in [1.165, 1.54) is 44.3 Å². The fraction of sp³-hybridized carbons (Fsp3) is 1.00. The van der Waals surface area contributed by atoms with Crippen LogP contribution in [0.1, 0.15) is 66.2 Å². The van der Waals surface area contributed by atoms with Gasteiger partial charge in [0.2, 0.25) is 0 Å². The first-order valence-electron chi connectivity index (χ1n) is 7.80. The second kappa shape index (κ2) is 7.79. The highest BCUT2D eigenvalue weighted by atomic mass is 32.2. The summed E-state index contributed by atoms with van der Waals surface area (Å²) in [5.41, 5.74) is 6.44. The minimum atomic E-state index is 0.474. The van der Waals surface area contributed by atoms with Gasteiger partial charge in [-0.25, -0.2) is 0 Å². The first-order chi connectivity index (χ1) is 8.49. The number of rotatable bonds is 6. The molecule has 3 atom stereocenters. The van der Waals surface area contributed by atoms with Crippen molar-refractivity contribution in [1.29, 1.82) is 0 Å². The molecule has 1 rings (SSSR count). The van der Waals surface area contributed by atoms with Crippen molar-refractivity contribution in [3.8, 4) is 0 Å². The molecule has 1 aliphatic carbocycles. The van der Waals surface area contributed by atoms with Crippen molar-refractivity contribution in [3.63, 3.8) is 0 Å². The normalized spacial score (nSPS) is 29.5. The van der Waals surface area contributed by atoms with Gasteiger partial charge in [0.25, 0.3) is 0 Å². The summed E-state index contributed by atoms with van der Waals surface area (Å²) < 4.78 is 0. The van der Waals surface area contributed by atoms with Gasteiger partial charge in [-0.2, -0.15) is 11.8 Å². The number of hydrogen-bond donors (Lipinski definition) is 1. The molecule has 0 aliphatic heterocycles. The van der Waals surface area contributed by atoms with E-state index < -0.39 is 0 Å².